The zero-order valence-electron chi connectivity index (χ0n) is 25.6. The average Bonchev–Trinajstić information content (AvgIpc) is 3.02. The Bertz CT molecular complexity index is 1190. The number of unbranched alkanes of at least 4 members (excludes halogenated alkanes) is 2. The zero-order chi connectivity index (χ0) is 30.4. The standard InChI is InChI=1S/C37H47F4NO/c1-2-3-4-5-25-6-8-26(9-7-25)27-10-12-28(13-11-27)29-14-18-32(19-15-29)37(40,41)43-33-20-16-30(17-21-33)31-22-35(38)34(24-42)36(39)23-31/h16-17,20-23,25-29,32H,2-15,18-19H2,1H3. The van der Waals surface area contributed by atoms with E-state index in [1.165, 1.54) is 107 Å². The fourth-order valence-electron chi connectivity index (χ4n) is 8.45. The molecule has 3 aliphatic carbocycles. The van der Waals surface area contributed by atoms with Crippen LogP contribution in [0.15, 0.2) is 36.4 Å². The normalized spacial score (nSPS) is 28.3. The fourth-order valence-corrected chi connectivity index (χ4v) is 8.45. The largest absolute Gasteiger partial charge is 0.432 e. The highest BCUT2D eigenvalue weighted by molar-refractivity contribution is 5.65. The Morgan fingerprint density at radius 3 is 1.70 bits per heavy atom. The highest BCUT2D eigenvalue weighted by Gasteiger charge is 2.45. The third kappa shape index (κ3) is 7.95. The van der Waals surface area contributed by atoms with Crippen molar-refractivity contribution in [2.45, 2.75) is 116 Å². The van der Waals surface area contributed by atoms with Gasteiger partial charge in [0.05, 0.1) is 5.92 Å². The monoisotopic (exact) mass is 597 g/mol. The van der Waals surface area contributed by atoms with Crippen LogP contribution in [0, 0.1) is 58.5 Å². The summed E-state index contributed by atoms with van der Waals surface area (Å²) in [5.41, 5.74) is 0.0319. The molecule has 0 unspecified atom stereocenters. The number of hydrogen-bond donors (Lipinski definition) is 0. The molecule has 234 valence electrons. The first-order chi connectivity index (χ1) is 20.8. The van der Waals surface area contributed by atoms with Crippen molar-refractivity contribution in [1.82, 2.24) is 0 Å². The molecular weight excluding hydrogens is 550 g/mol. The number of nitrogens with zero attached hydrogens (tertiary/aromatic N) is 1. The predicted molar refractivity (Wildman–Crippen MR) is 163 cm³/mol. The average molecular weight is 598 g/mol. The molecule has 0 aliphatic heterocycles. The van der Waals surface area contributed by atoms with Gasteiger partial charge in [-0.05, 0) is 129 Å². The van der Waals surface area contributed by atoms with Crippen molar-refractivity contribution in [1.29, 1.82) is 5.26 Å². The topological polar surface area (TPSA) is 33.0 Å². The number of alkyl halides is 2. The molecule has 0 saturated heterocycles. The number of rotatable bonds is 10. The summed E-state index contributed by atoms with van der Waals surface area (Å²) in [6.07, 6.45) is 15.8. The summed E-state index contributed by atoms with van der Waals surface area (Å²) in [4.78, 5) is 0. The van der Waals surface area contributed by atoms with E-state index in [-0.39, 0.29) is 11.3 Å². The summed E-state index contributed by atoms with van der Waals surface area (Å²) in [5, 5.41) is 8.86. The highest BCUT2D eigenvalue weighted by atomic mass is 19.3. The Morgan fingerprint density at radius 2 is 1.21 bits per heavy atom. The second-order valence-electron chi connectivity index (χ2n) is 13.7. The van der Waals surface area contributed by atoms with E-state index in [1.807, 2.05) is 0 Å². The van der Waals surface area contributed by atoms with Crippen LogP contribution in [0.4, 0.5) is 17.6 Å². The Labute approximate surface area is 255 Å². The fraction of sp³-hybridized carbons (Fsp3) is 0.649. The molecule has 0 aromatic heterocycles. The van der Waals surface area contributed by atoms with Crippen LogP contribution in [0.1, 0.15) is 115 Å². The van der Waals surface area contributed by atoms with Crippen LogP contribution in [-0.2, 0) is 0 Å². The summed E-state index contributed by atoms with van der Waals surface area (Å²) in [7, 11) is 0. The lowest BCUT2D eigenvalue weighted by molar-refractivity contribution is -0.224. The molecule has 2 aromatic rings. The van der Waals surface area contributed by atoms with Crippen LogP contribution in [-0.4, -0.2) is 6.11 Å². The lowest BCUT2D eigenvalue weighted by atomic mass is 9.65. The smallest absolute Gasteiger partial charge is 0.400 e. The predicted octanol–water partition coefficient (Wildman–Crippen LogP) is 11.5. The first-order valence-corrected chi connectivity index (χ1v) is 16.8. The lowest BCUT2D eigenvalue weighted by Crippen LogP contribution is -2.38. The molecule has 2 aromatic carbocycles. The maximum Gasteiger partial charge on any atom is 0.400 e. The van der Waals surface area contributed by atoms with E-state index >= 15 is 8.78 Å². The van der Waals surface area contributed by atoms with Gasteiger partial charge in [-0.1, -0.05) is 57.6 Å². The van der Waals surface area contributed by atoms with Crippen LogP contribution >= 0.6 is 0 Å². The maximum absolute atomic E-state index is 15.2. The summed E-state index contributed by atoms with van der Waals surface area (Å²) in [6.45, 7) is 2.28. The Kier molecular flexibility index (Phi) is 10.7. The molecule has 3 saturated carbocycles. The molecule has 0 amide bonds. The molecular formula is C37H47F4NO. The van der Waals surface area contributed by atoms with Gasteiger partial charge in [0.1, 0.15) is 29.0 Å². The Hall–Kier alpha value is -2.55. The third-order valence-corrected chi connectivity index (χ3v) is 11.1. The Balaban J connectivity index is 1.06. The van der Waals surface area contributed by atoms with Gasteiger partial charge in [0.2, 0.25) is 0 Å². The van der Waals surface area contributed by atoms with Crippen LogP contribution in [0.2, 0.25) is 0 Å². The number of ether oxygens (including phenoxy) is 1. The molecule has 0 heterocycles. The Morgan fingerprint density at radius 1 is 0.721 bits per heavy atom. The molecule has 0 N–H and O–H groups in total. The summed E-state index contributed by atoms with van der Waals surface area (Å²) >= 11 is 0. The van der Waals surface area contributed by atoms with Crippen molar-refractivity contribution in [3.8, 4) is 22.9 Å². The minimum atomic E-state index is -3.27. The zero-order valence-corrected chi connectivity index (χ0v) is 25.6. The maximum atomic E-state index is 15.2. The molecule has 0 atom stereocenters. The summed E-state index contributed by atoms with van der Waals surface area (Å²) < 4.78 is 63.6. The summed E-state index contributed by atoms with van der Waals surface area (Å²) in [6, 6.07) is 9.43. The first kappa shape index (κ1) is 31.9. The number of nitriles is 1. The van der Waals surface area contributed by atoms with Gasteiger partial charge in [-0.15, -0.1) is 0 Å². The molecule has 43 heavy (non-hydrogen) atoms. The lowest BCUT2D eigenvalue weighted by Gasteiger charge is -2.42. The van der Waals surface area contributed by atoms with E-state index in [0.29, 0.717) is 30.2 Å². The van der Waals surface area contributed by atoms with Crippen molar-refractivity contribution in [3.63, 3.8) is 0 Å². The second kappa shape index (κ2) is 14.5. The summed E-state index contributed by atoms with van der Waals surface area (Å²) in [5.74, 6) is 1.29. The van der Waals surface area contributed by atoms with Gasteiger partial charge in [-0.3, -0.25) is 0 Å². The van der Waals surface area contributed by atoms with E-state index in [4.69, 9.17) is 10.00 Å². The van der Waals surface area contributed by atoms with Gasteiger partial charge < -0.3 is 4.74 Å². The minimum absolute atomic E-state index is 0.0266. The van der Waals surface area contributed by atoms with Crippen molar-refractivity contribution in [2.24, 2.45) is 35.5 Å². The van der Waals surface area contributed by atoms with Gasteiger partial charge in [-0.25, -0.2) is 8.78 Å². The molecule has 2 nitrogen and oxygen atoms in total. The first-order valence-electron chi connectivity index (χ1n) is 16.8. The van der Waals surface area contributed by atoms with E-state index in [9.17, 15) is 8.78 Å². The van der Waals surface area contributed by atoms with Crippen molar-refractivity contribution < 1.29 is 22.3 Å². The van der Waals surface area contributed by atoms with Gasteiger partial charge in [0.15, 0.2) is 0 Å². The molecule has 3 fully saturated rings. The molecule has 0 spiro atoms. The van der Waals surface area contributed by atoms with Crippen molar-refractivity contribution >= 4 is 0 Å². The van der Waals surface area contributed by atoms with Gasteiger partial charge in [0, 0.05) is 0 Å². The van der Waals surface area contributed by atoms with Gasteiger partial charge >= 0.3 is 6.11 Å². The van der Waals surface area contributed by atoms with E-state index < -0.39 is 29.2 Å². The van der Waals surface area contributed by atoms with E-state index in [2.05, 4.69) is 6.92 Å². The molecule has 3 aliphatic rings. The quantitative estimate of drug-likeness (QED) is 0.202. The number of benzene rings is 2. The molecule has 0 radical (unpaired) electrons. The molecule has 5 rings (SSSR count). The van der Waals surface area contributed by atoms with Gasteiger partial charge in [-0.2, -0.15) is 14.0 Å². The minimum Gasteiger partial charge on any atom is -0.432 e. The van der Waals surface area contributed by atoms with E-state index in [1.54, 1.807) is 0 Å². The van der Waals surface area contributed by atoms with E-state index in [0.717, 1.165) is 42.7 Å². The number of halogens is 4. The molecule has 6 heteroatoms. The van der Waals surface area contributed by atoms with Crippen molar-refractivity contribution in [3.05, 3.63) is 53.6 Å². The SMILES string of the molecule is CCCCCC1CCC(C2CCC(C3CCC(C(F)(F)Oc4ccc(-c5cc(F)c(C#N)c(F)c5)cc4)CC3)CC2)CC1. The van der Waals surface area contributed by atoms with Crippen LogP contribution in [0.3, 0.4) is 0 Å². The second-order valence-corrected chi connectivity index (χ2v) is 13.7. The third-order valence-electron chi connectivity index (χ3n) is 11.1. The van der Waals surface area contributed by atoms with Gasteiger partial charge in [0.25, 0.3) is 0 Å². The van der Waals surface area contributed by atoms with Crippen LogP contribution in [0.25, 0.3) is 11.1 Å². The molecule has 0 bridgehead atoms. The van der Waals surface area contributed by atoms with Crippen molar-refractivity contribution in [2.75, 3.05) is 0 Å². The number of hydrogen-bond acceptors (Lipinski definition) is 2. The highest BCUT2D eigenvalue weighted by Crippen LogP contribution is 2.48. The van der Waals surface area contributed by atoms with Crippen LogP contribution in [0.5, 0.6) is 5.75 Å². The van der Waals surface area contributed by atoms with Crippen LogP contribution < -0.4 is 4.74 Å².